The van der Waals surface area contributed by atoms with E-state index in [4.69, 9.17) is 13.9 Å². The van der Waals surface area contributed by atoms with Crippen LogP contribution in [0.3, 0.4) is 0 Å². The van der Waals surface area contributed by atoms with Crippen LogP contribution in [0.5, 0.6) is 11.5 Å². The molecule has 7 heteroatoms. The van der Waals surface area contributed by atoms with Gasteiger partial charge >= 0.3 is 0 Å². The van der Waals surface area contributed by atoms with Crippen LogP contribution in [0.1, 0.15) is 56.2 Å². The zero-order valence-electron chi connectivity index (χ0n) is 21.2. The molecule has 1 N–H and O–H groups in total. The molecule has 1 atom stereocenters. The molecule has 0 aliphatic carbocycles. The van der Waals surface area contributed by atoms with Crippen molar-refractivity contribution in [1.82, 2.24) is 4.90 Å². The first-order valence-corrected chi connectivity index (χ1v) is 11.9. The lowest BCUT2D eigenvalue weighted by molar-refractivity contribution is -0.140. The molecule has 2 aromatic carbocycles. The van der Waals surface area contributed by atoms with Gasteiger partial charge in [0.05, 0.1) is 43.7 Å². The van der Waals surface area contributed by atoms with Gasteiger partial charge in [-0.05, 0) is 59.9 Å². The van der Waals surface area contributed by atoms with Crippen LogP contribution in [0.25, 0.3) is 5.76 Å². The Labute approximate surface area is 210 Å². The molecule has 1 unspecified atom stereocenters. The van der Waals surface area contributed by atoms with Gasteiger partial charge in [0.15, 0.2) is 0 Å². The number of aliphatic hydroxyl groups excluding tert-OH is 1. The van der Waals surface area contributed by atoms with E-state index in [1.807, 2.05) is 19.1 Å². The molecule has 1 aliphatic heterocycles. The predicted octanol–water partition coefficient (Wildman–Crippen LogP) is 5.61. The second-order valence-electron chi connectivity index (χ2n) is 9.67. The number of furan rings is 1. The molecule has 4 rings (SSSR count). The molecule has 7 nitrogen and oxygen atoms in total. The van der Waals surface area contributed by atoms with Gasteiger partial charge in [-0.2, -0.15) is 0 Å². The van der Waals surface area contributed by atoms with E-state index in [0.29, 0.717) is 35.0 Å². The number of carbonyl (C=O) groups excluding carboxylic acids is 2. The Morgan fingerprint density at radius 3 is 2.39 bits per heavy atom. The van der Waals surface area contributed by atoms with Crippen molar-refractivity contribution in [3.8, 4) is 11.5 Å². The third kappa shape index (κ3) is 4.73. The first-order chi connectivity index (χ1) is 17.2. The quantitative estimate of drug-likeness (QED) is 0.264. The molecule has 1 saturated heterocycles. The van der Waals surface area contributed by atoms with Crippen LogP contribution >= 0.6 is 0 Å². The zero-order valence-corrected chi connectivity index (χ0v) is 21.2. The minimum atomic E-state index is -0.825. The third-order valence-corrected chi connectivity index (χ3v) is 6.27. The number of ether oxygens (including phenoxy) is 2. The van der Waals surface area contributed by atoms with Gasteiger partial charge in [-0.25, -0.2) is 0 Å². The Bertz CT molecular complexity index is 1280. The maximum absolute atomic E-state index is 13.4. The van der Waals surface area contributed by atoms with E-state index in [1.165, 1.54) is 18.3 Å². The predicted molar refractivity (Wildman–Crippen MR) is 136 cm³/mol. The molecule has 1 aliphatic rings. The van der Waals surface area contributed by atoms with Gasteiger partial charge < -0.3 is 23.9 Å². The van der Waals surface area contributed by atoms with Crippen LogP contribution in [-0.4, -0.2) is 35.4 Å². The van der Waals surface area contributed by atoms with Gasteiger partial charge in [0.25, 0.3) is 11.7 Å². The van der Waals surface area contributed by atoms with Crippen LogP contribution in [-0.2, 0) is 21.5 Å². The van der Waals surface area contributed by atoms with E-state index in [2.05, 4.69) is 20.8 Å². The van der Waals surface area contributed by atoms with Crippen molar-refractivity contribution in [3.05, 3.63) is 88.9 Å². The second-order valence-corrected chi connectivity index (χ2v) is 9.67. The van der Waals surface area contributed by atoms with Crippen molar-refractivity contribution in [2.24, 2.45) is 0 Å². The molecule has 1 aromatic heterocycles. The number of Topliss-reactive ketones (excluding diaryl/α,β-unsaturated/α-hetero) is 1. The zero-order chi connectivity index (χ0) is 26.0. The van der Waals surface area contributed by atoms with Gasteiger partial charge in [0, 0.05) is 0 Å². The SMILES string of the molecule is CCOc1ccc(C2/C(=C(\O)c3cc(C(C)(C)C)ccc3OC)C(=O)C(=O)N2Cc2ccco2)cc1. The van der Waals surface area contributed by atoms with E-state index >= 15 is 0 Å². The van der Waals surface area contributed by atoms with E-state index in [1.54, 1.807) is 42.5 Å². The number of nitrogens with zero attached hydrogens (tertiary/aromatic N) is 1. The number of methoxy groups -OCH3 is 1. The lowest BCUT2D eigenvalue weighted by atomic mass is 9.85. The highest BCUT2D eigenvalue weighted by molar-refractivity contribution is 6.46. The topological polar surface area (TPSA) is 89.2 Å². The Hall–Kier alpha value is -4.00. The summed E-state index contributed by atoms with van der Waals surface area (Å²) in [4.78, 5) is 28.1. The van der Waals surface area contributed by atoms with Crippen LogP contribution in [0.2, 0.25) is 0 Å². The molecular weight excluding hydrogens is 458 g/mol. The van der Waals surface area contributed by atoms with E-state index < -0.39 is 17.7 Å². The van der Waals surface area contributed by atoms with Gasteiger partial charge in [0.1, 0.15) is 23.0 Å². The summed E-state index contributed by atoms with van der Waals surface area (Å²) in [5, 5.41) is 11.6. The Morgan fingerprint density at radius 1 is 1.08 bits per heavy atom. The van der Waals surface area contributed by atoms with Crippen LogP contribution in [0.15, 0.2) is 70.9 Å². The summed E-state index contributed by atoms with van der Waals surface area (Å²) >= 11 is 0. The Balaban J connectivity index is 1.90. The van der Waals surface area contributed by atoms with Crippen molar-refractivity contribution in [1.29, 1.82) is 0 Å². The molecule has 0 bridgehead atoms. The number of hydrogen-bond acceptors (Lipinski definition) is 6. The molecular formula is C29H31NO6. The Kier molecular flexibility index (Phi) is 6.93. The molecule has 0 radical (unpaired) electrons. The van der Waals surface area contributed by atoms with Crippen molar-refractivity contribution in [3.63, 3.8) is 0 Å². The lowest BCUT2D eigenvalue weighted by Crippen LogP contribution is -2.29. The molecule has 36 heavy (non-hydrogen) atoms. The highest BCUT2D eigenvalue weighted by Gasteiger charge is 2.46. The van der Waals surface area contributed by atoms with Crippen LogP contribution in [0.4, 0.5) is 0 Å². The largest absolute Gasteiger partial charge is 0.507 e. The summed E-state index contributed by atoms with van der Waals surface area (Å²) in [6, 6.07) is 15.3. The average molecular weight is 490 g/mol. The molecule has 2 heterocycles. The van der Waals surface area contributed by atoms with E-state index in [-0.39, 0.29) is 23.3 Å². The number of aliphatic hydroxyl groups is 1. The van der Waals surface area contributed by atoms with Gasteiger partial charge in [0.2, 0.25) is 0 Å². The number of amides is 1. The number of rotatable bonds is 7. The third-order valence-electron chi connectivity index (χ3n) is 6.27. The number of benzene rings is 2. The first-order valence-electron chi connectivity index (χ1n) is 11.9. The minimum Gasteiger partial charge on any atom is -0.507 e. The summed E-state index contributed by atoms with van der Waals surface area (Å²) in [7, 11) is 1.50. The van der Waals surface area contributed by atoms with Crippen molar-refractivity contribution in [2.75, 3.05) is 13.7 Å². The fraction of sp³-hybridized carbons (Fsp3) is 0.310. The number of carbonyl (C=O) groups is 2. The standard InChI is InChI=1S/C29H31NO6/c1-6-35-20-12-9-18(10-13-20)25-24(27(32)28(33)30(25)17-21-8-7-15-36-21)26(31)22-16-19(29(2,3)4)11-14-23(22)34-5/h7-16,25,31H,6,17H2,1-5H3/b26-24+. The summed E-state index contributed by atoms with van der Waals surface area (Å²) < 4.78 is 16.5. The molecule has 3 aromatic rings. The molecule has 188 valence electrons. The second kappa shape index (κ2) is 9.93. The van der Waals surface area contributed by atoms with Crippen LogP contribution in [0, 0.1) is 0 Å². The summed E-state index contributed by atoms with van der Waals surface area (Å²) in [6.45, 7) is 8.65. The van der Waals surface area contributed by atoms with Gasteiger partial charge in [-0.1, -0.05) is 39.0 Å². The normalized spacial score (nSPS) is 17.5. The summed E-state index contributed by atoms with van der Waals surface area (Å²) in [5.74, 6) is -0.150. The maximum atomic E-state index is 13.4. The molecule has 1 amide bonds. The van der Waals surface area contributed by atoms with Crippen LogP contribution < -0.4 is 9.47 Å². The Morgan fingerprint density at radius 2 is 1.81 bits per heavy atom. The highest BCUT2D eigenvalue weighted by atomic mass is 16.5. The molecule has 1 fully saturated rings. The summed E-state index contributed by atoms with van der Waals surface area (Å²) in [6.07, 6.45) is 1.51. The van der Waals surface area contributed by atoms with Crippen molar-refractivity contribution >= 4 is 17.4 Å². The van der Waals surface area contributed by atoms with E-state index in [9.17, 15) is 14.7 Å². The summed E-state index contributed by atoms with van der Waals surface area (Å²) in [5.41, 5.74) is 1.77. The smallest absolute Gasteiger partial charge is 0.296 e. The highest BCUT2D eigenvalue weighted by Crippen LogP contribution is 2.42. The van der Waals surface area contributed by atoms with Gasteiger partial charge in [-0.15, -0.1) is 0 Å². The monoisotopic (exact) mass is 489 g/mol. The number of hydrogen-bond donors (Lipinski definition) is 1. The molecule has 0 spiro atoms. The lowest BCUT2D eigenvalue weighted by Gasteiger charge is -2.25. The average Bonchev–Trinajstić information content (AvgIpc) is 3.46. The van der Waals surface area contributed by atoms with E-state index in [0.717, 1.165) is 5.56 Å². The van der Waals surface area contributed by atoms with Crippen molar-refractivity contribution in [2.45, 2.75) is 45.7 Å². The van der Waals surface area contributed by atoms with Crippen molar-refractivity contribution < 1.29 is 28.6 Å². The first kappa shape index (κ1) is 25.1. The number of likely N-dealkylation sites (tertiary alicyclic amines) is 1. The maximum Gasteiger partial charge on any atom is 0.296 e. The number of ketones is 1. The fourth-order valence-corrected chi connectivity index (χ4v) is 4.38. The molecule has 0 saturated carbocycles. The fourth-order valence-electron chi connectivity index (χ4n) is 4.38. The minimum absolute atomic E-state index is 0.0000696. The van der Waals surface area contributed by atoms with Gasteiger partial charge in [-0.3, -0.25) is 9.59 Å².